The molecule has 1 amide bonds. The summed E-state index contributed by atoms with van der Waals surface area (Å²) in [6.45, 7) is 1.55. The second-order valence-corrected chi connectivity index (χ2v) is 9.57. The van der Waals surface area contributed by atoms with Crippen molar-refractivity contribution >= 4 is 40.7 Å². The van der Waals surface area contributed by atoms with Gasteiger partial charge in [-0.3, -0.25) is 4.79 Å². The maximum Gasteiger partial charge on any atom is 0.253 e. The third-order valence-electron chi connectivity index (χ3n) is 5.95. The Balaban J connectivity index is 1.31. The third-order valence-corrected chi connectivity index (χ3v) is 6.93. The SMILES string of the molecule is O=C(c1ccccc1)N1CCC(n2cc(-c3cc(Cl)ccc3OCc3ccc(Cl)c(Cl)c3)nn2)C1. The van der Waals surface area contributed by atoms with Crippen molar-refractivity contribution in [1.29, 1.82) is 0 Å². The minimum atomic E-state index is 0.0290. The van der Waals surface area contributed by atoms with Crippen molar-refractivity contribution in [2.24, 2.45) is 0 Å². The molecule has 3 aromatic carbocycles. The average molecular weight is 528 g/mol. The van der Waals surface area contributed by atoms with Gasteiger partial charge in [0.25, 0.3) is 5.91 Å². The molecule has 6 nitrogen and oxygen atoms in total. The van der Waals surface area contributed by atoms with Crippen LogP contribution in [-0.2, 0) is 6.61 Å². The van der Waals surface area contributed by atoms with Gasteiger partial charge in [-0.05, 0) is 54.4 Å². The first-order valence-electron chi connectivity index (χ1n) is 11.1. The molecule has 0 radical (unpaired) electrons. The Morgan fingerprint density at radius 2 is 1.83 bits per heavy atom. The number of nitrogens with zero attached hydrogens (tertiary/aromatic N) is 4. The second-order valence-electron chi connectivity index (χ2n) is 8.32. The zero-order valence-electron chi connectivity index (χ0n) is 18.6. The molecule has 2 heterocycles. The summed E-state index contributed by atoms with van der Waals surface area (Å²) in [5.41, 5.74) is 2.96. The van der Waals surface area contributed by atoms with Crippen LogP contribution in [0.3, 0.4) is 0 Å². The Bertz CT molecular complexity index is 1360. The van der Waals surface area contributed by atoms with E-state index in [1.807, 2.05) is 58.2 Å². The van der Waals surface area contributed by atoms with Crippen molar-refractivity contribution in [1.82, 2.24) is 19.9 Å². The lowest BCUT2D eigenvalue weighted by Crippen LogP contribution is -2.29. The summed E-state index contributed by atoms with van der Waals surface area (Å²) in [7, 11) is 0. The van der Waals surface area contributed by atoms with Gasteiger partial charge < -0.3 is 9.64 Å². The Morgan fingerprint density at radius 1 is 1.00 bits per heavy atom. The fraction of sp³-hybridized carbons (Fsp3) is 0.192. The molecule has 1 saturated heterocycles. The minimum Gasteiger partial charge on any atom is -0.488 e. The lowest BCUT2D eigenvalue weighted by molar-refractivity contribution is 0.0787. The van der Waals surface area contributed by atoms with E-state index in [4.69, 9.17) is 39.5 Å². The van der Waals surface area contributed by atoms with Gasteiger partial charge in [0.1, 0.15) is 18.1 Å². The van der Waals surface area contributed by atoms with Crippen LogP contribution >= 0.6 is 34.8 Å². The second kappa shape index (κ2) is 10.3. The molecule has 35 heavy (non-hydrogen) atoms. The number of benzene rings is 3. The van der Waals surface area contributed by atoms with Crippen molar-refractivity contribution in [2.75, 3.05) is 13.1 Å². The van der Waals surface area contributed by atoms with E-state index < -0.39 is 0 Å². The highest BCUT2D eigenvalue weighted by molar-refractivity contribution is 6.42. The van der Waals surface area contributed by atoms with Crippen molar-refractivity contribution in [3.8, 4) is 17.0 Å². The summed E-state index contributed by atoms with van der Waals surface area (Å²) in [5.74, 6) is 0.654. The van der Waals surface area contributed by atoms with Crippen LogP contribution in [0.25, 0.3) is 11.3 Å². The van der Waals surface area contributed by atoms with E-state index >= 15 is 0 Å². The van der Waals surface area contributed by atoms with Crippen LogP contribution in [-0.4, -0.2) is 38.9 Å². The largest absolute Gasteiger partial charge is 0.488 e. The Hall–Kier alpha value is -3.06. The Labute approximate surface area is 218 Å². The summed E-state index contributed by atoms with van der Waals surface area (Å²) in [6, 6.07) is 20.1. The molecule has 1 unspecified atom stereocenters. The molecule has 0 spiro atoms. The molecule has 1 aliphatic rings. The van der Waals surface area contributed by atoms with Crippen LogP contribution in [0.15, 0.2) is 72.9 Å². The molecule has 1 aromatic heterocycles. The molecule has 4 aromatic rings. The lowest BCUT2D eigenvalue weighted by atomic mass is 10.1. The fourth-order valence-electron chi connectivity index (χ4n) is 4.10. The van der Waals surface area contributed by atoms with Gasteiger partial charge in [-0.1, -0.05) is 64.3 Å². The van der Waals surface area contributed by atoms with Gasteiger partial charge in [-0.25, -0.2) is 4.68 Å². The van der Waals surface area contributed by atoms with E-state index in [-0.39, 0.29) is 11.9 Å². The first kappa shape index (κ1) is 23.7. The number of rotatable bonds is 6. The molecule has 5 rings (SSSR count). The zero-order valence-corrected chi connectivity index (χ0v) is 20.8. The quantitative estimate of drug-likeness (QED) is 0.284. The molecule has 0 N–H and O–H groups in total. The van der Waals surface area contributed by atoms with E-state index in [9.17, 15) is 4.79 Å². The fourth-order valence-corrected chi connectivity index (χ4v) is 4.60. The van der Waals surface area contributed by atoms with Crippen molar-refractivity contribution in [3.05, 3.63) is 99.1 Å². The summed E-state index contributed by atoms with van der Waals surface area (Å²) >= 11 is 18.4. The number of carbonyl (C=O) groups excluding carboxylic acids is 1. The molecule has 178 valence electrons. The number of ether oxygens (including phenoxy) is 1. The van der Waals surface area contributed by atoms with Gasteiger partial charge in [0, 0.05) is 29.2 Å². The van der Waals surface area contributed by atoms with E-state index in [0.717, 1.165) is 17.5 Å². The van der Waals surface area contributed by atoms with E-state index in [1.54, 1.807) is 24.3 Å². The van der Waals surface area contributed by atoms with Crippen LogP contribution in [0.2, 0.25) is 15.1 Å². The van der Waals surface area contributed by atoms with E-state index in [0.29, 0.717) is 51.8 Å². The average Bonchev–Trinajstić information content (AvgIpc) is 3.55. The summed E-state index contributed by atoms with van der Waals surface area (Å²) in [5, 5.41) is 10.3. The molecule has 1 fully saturated rings. The first-order valence-corrected chi connectivity index (χ1v) is 12.2. The number of aromatic nitrogens is 3. The normalized spacial score (nSPS) is 15.4. The molecule has 1 aliphatic heterocycles. The Kier molecular flexibility index (Phi) is 6.95. The number of halogens is 3. The molecular weight excluding hydrogens is 507 g/mol. The van der Waals surface area contributed by atoms with E-state index in [2.05, 4.69) is 10.3 Å². The van der Waals surface area contributed by atoms with Gasteiger partial charge in [-0.15, -0.1) is 5.10 Å². The summed E-state index contributed by atoms with van der Waals surface area (Å²) < 4.78 is 7.89. The predicted octanol–water partition coefficient (Wildman–Crippen LogP) is 6.57. The van der Waals surface area contributed by atoms with Gasteiger partial charge in [-0.2, -0.15) is 0 Å². The maximum atomic E-state index is 12.8. The molecule has 9 heteroatoms. The standard InChI is InChI=1S/C26H21Cl3N4O2/c27-19-7-9-25(35-16-17-6-8-22(28)23(29)12-17)21(13-19)24-15-33(31-30-24)20-10-11-32(14-20)26(34)18-4-2-1-3-5-18/h1-9,12-13,15,20H,10-11,14,16H2. The molecule has 0 aliphatic carbocycles. The van der Waals surface area contributed by atoms with Gasteiger partial charge in [0.05, 0.1) is 22.3 Å². The Morgan fingerprint density at radius 3 is 2.63 bits per heavy atom. The van der Waals surface area contributed by atoms with Gasteiger partial charge in [0.2, 0.25) is 0 Å². The number of carbonyl (C=O) groups is 1. The highest BCUT2D eigenvalue weighted by atomic mass is 35.5. The van der Waals surface area contributed by atoms with E-state index in [1.165, 1.54) is 0 Å². The first-order chi connectivity index (χ1) is 17.0. The summed E-state index contributed by atoms with van der Waals surface area (Å²) in [6.07, 6.45) is 2.68. The van der Waals surface area contributed by atoms with Crippen LogP contribution in [0.4, 0.5) is 0 Å². The van der Waals surface area contributed by atoms with Gasteiger partial charge in [0.15, 0.2) is 0 Å². The minimum absolute atomic E-state index is 0.0290. The number of hydrogen-bond acceptors (Lipinski definition) is 4. The van der Waals surface area contributed by atoms with Crippen molar-refractivity contribution in [3.63, 3.8) is 0 Å². The van der Waals surface area contributed by atoms with Crippen LogP contribution in [0.5, 0.6) is 5.75 Å². The molecule has 0 saturated carbocycles. The number of hydrogen-bond donors (Lipinski definition) is 0. The monoisotopic (exact) mass is 526 g/mol. The summed E-state index contributed by atoms with van der Waals surface area (Å²) in [4.78, 5) is 14.6. The topological polar surface area (TPSA) is 60.2 Å². The molecule has 0 bridgehead atoms. The molecule has 1 atom stereocenters. The highest BCUT2D eigenvalue weighted by Gasteiger charge is 2.29. The number of likely N-dealkylation sites (tertiary alicyclic amines) is 1. The van der Waals surface area contributed by atoms with Crippen molar-refractivity contribution in [2.45, 2.75) is 19.1 Å². The smallest absolute Gasteiger partial charge is 0.253 e. The van der Waals surface area contributed by atoms with Crippen LogP contribution in [0.1, 0.15) is 28.4 Å². The van der Waals surface area contributed by atoms with Gasteiger partial charge >= 0.3 is 0 Å². The predicted molar refractivity (Wildman–Crippen MR) is 137 cm³/mol. The highest BCUT2D eigenvalue weighted by Crippen LogP contribution is 2.33. The zero-order chi connectivity index (χ0) is 24.4. The third kappa shape index (κ3) is 5.30. The van der Waals surface area contributed by atoms with Crippen LogP contribution in [0, 0.1) is 0 Å². The number of amides is 1. The maximum absolute atomic E-state index is 12.8. The van der Waals surface area contributed by atoms with Crippen molar-refractivity contribution < 1.29 is 9.53 Å². The molecular formula is C26H21Cl3N4O2. The van der Waals surface area contributed by atoms with Crippen LogP contribution < -0.4 is 4.74 Å². The lowest BCUT2D eigenvalue weighted by Gasteiger charge is -2.16.